The second-order valence-electron chi connectivity index (χ2n) is 6.76. The molecule has 0 spiro atoms. The molecule has 4 nitrogen and oxygen atoms in total. The lowest BCUT2D eigenvalue weighted by Gasteiger charge is -2.33. The summed E-state index contributed by atoms with van der Waals surface area (Å²) in [5, 5.41) is 5.95. The minimum Gasteiger partial charge on any atom is -0.376 e. The minimum absolute atomic E-state index is 0.0501. The van der Waals surface area contributed by atoms with Crippen molar-refractivity contribution in [1.29, 1.82) is 0 Å². The summed E-state index contributed by atoms with van der Waals surface area (Å²) < 4.78 is 12.9. The van der Waals surface area contributed by atoms with Crippen molar-refractivity contribution in [3.05, 3.63) is 66.0 Å². The Morgan fingerprint density at radius 1 is 1.12 bits per heavy atom. The number of nitrogens with zero attached hydrogens (tertiary/aromatic N) is 1. The highest BCUT2D eigenvalue weighted by Gasteiger charge is 2.20. The molecule has 1 unspecified atom stereocenters. The molecule has 0 radical (unpaired) electrons. The molecular formula is C21H26FN3O. The van der Waals surface area contributed by atoms with Crippen LogP contribution in [0.5, 0.6) is 0 Å². The molecule has 3 rings (SSSR count). The zero-order valence-corrected chi connectivity index (χ0v) is 15.0. The van der Waals surface area contributed by atoms with Gasteiger partial charge in [-0.25, -0.2) is 4.39 Å². The van der Waals surface area contributed by atoms with Crippen molar-refractivity contribution in [1.82, 2.24) is 10.2 Å². The van der Waals surface area contributed by atoms with E-state index in [4.69, 9.17) is 0 Å². The summed E-state index contributed by atoms with van der Waals surface area (Å²) in [6.45, 7) is 3.84. The van der Waals surface area contributed by atoms with Gasteiger partial charge in [0.05, 0.1) is 6.54 Å². The molecule has 2 aromatic carbocycles. The number of carbonyl (C=O) groups is 1. The van der Waals surface area contributed by atoms with Crippen molar-refractivity contribution in [2.75, 3.05) is 38.0 Å². The average molecular weight is 355 g/mol. The van der Waals surface area contributed by atoms with E-state index in [-0.39, 0.29) is 18.3 Å². The Kier molecular flexibility index (Phi) is 6.61. The Morgan fingerprint density at radius 3 is 2.65 bits per heavy atom. The minimum atomic E-state index is -0.282. The number of anilines is 1. The maximum Gasteiger partial charge on any atom is 0.239 e. The Balaban J connectivity index is 1.36. The zero-order chi connectivity index (χ0) is 18.2. The number of likely N-dealkylation sites (tertiary alicyclic amines) is 1. The number of nitrogens with one attached hydrogen (secondary N) is 2. The van der Waals surface area contributed by atoms with Gasteiger partial charge < -0.3 is 15.5 Å². The third-order valence-corrected chi connectivity index (χ3v) is 4.82. The van der Waals surface area contributed by atoms with Crippen LogP contribution in [0.3, 0.4) is 0 Å². The number of hydrogen-bond donors (Lipinski definition) is 2. The third-order valence-electron chi connectivity index (χ3n) is 4.82. The van der Waals surface area contributed by atoms with E-state index in [0.717, 1.165) is 25.3 Å². The predicted molar refractivity (Wildman–Crippen MR) is 103 cm³/mol. The number of hydrogen-bond acceptors (Lipinski definition) is 3. The van der Waals surface area contributed by atoms with Crippen LogP contribution in [-0.4, -0.2) is 43.5 Å². The molecule has 0 saturated carbocycles. The monoisotopic (exact) mass is 355 g/mol. The van der Waals surface area contributed by atoms with E-state index in [1.807, 2.05) is 0 Å². The van der Waals surface area contributed by atoms with Crippen molar-refractivity contribution in [2.45, 2.75) is 18.8 Å². The largest absolute Gasteiger partial charge is 0.376 e. The number of halogens is 1. The lowest BCUT2D eigenvalue weighted by atomic mass is 9.91. The smallest absolute Gasteiger partial charge is 0.239 e. The molecule has 2 N–H and O–H groups in total. The van der Waals surface area contributed by atoms with Gasteiger partial charge in [0.15, 0.2) is 0 Å². The topological polar surface area (TPSA) is 44.4 Å². The number of rotatable bonds is 7. The van der Waals surface area contributed by atoms with Crippen molar-refractivity contribution in [3.63, 3.8) is 0 Å². The molecule has 138 valence electrons. The molecule has 0 aliphatic carbocycles. The predicted octanol–water partition coefficient (Wildman–Crippen LogP) is 3.23. The first-order valence-corrected chi connectivity index (χ1v) is 9.24. The number of amides is 1. The van der Waals surface area contributed by atoms with Gasteiger partial charge in [0, 0.05) is 25.3 Å². The molecule has 1 aliphatic heterocycles. The fourth-order valence-electron chi connectivity index (χ4n) is 3.42. The lowest BCUT2D eigenvalue weighted by Crippen LogP contribution is -2.41. The summed E-state index contributed by atoms with van der Waals surface area (Å²) in [5.74, 6) is 0.252. The van der Waals surface area contributed by atoms with E-state index < -0.39 is 0 Å². The standard InChI is InChI=1S/C21H26FN3O/c22-19-8-10-20(11-9-19)24-15-21(26)23-12-14-25-13-4-7-18(16-25)17-5-2-1-3-6-17/h1-3,5-6,8-11,18,24H,4,7,12-16H2,(H,23,26). The highest BCUT2D eigenvalue weighted by molar-refractivity contribution is 5.80. The molecule has 2 aromatic rings. The molecule has 1 amide bonds. The molecular weight excluding hydrogens is 329 g/mol. The molecule has 1 aliphatic rings. The molecule has 26 heavy (non-hydrogen) atoms. The number of piperidine rings is 1. The van der Waals surface area contributed by atoms with Crippen LogP contribution in [0.1, 0.15) is 24.3 Å². The molecule has 0 bridgehead atoms. The summed E-state index contributed by atoms with van der Waals surface area (Å²) >= 11 is 0. The summed E-state index contributed by atoms with van der Waals surface area (Å²) in [5.41, 5.74) is 2.15. The summed E-state index contributed by atoms with van der Waals surface area (Å²) in [6, 6.07) is 16.7. The quantitative estimate of drug-likeness (QED) is 0.801. The van der Waals surface area contributed by atoms with Gasteiger partial charge in [-0.1, -0.05) is 30.3 Å². The maximum atomic E-state index is 12.9. The second kappa shape index (κ2) is 9.34. The molecule has 1 atom stereocenters. The van der Waals surface area contributed by atoms with Crippen molar-refractivity contribution >= 4 is 11.6 Å². The van der Waals surface area contributed by atoms with E-state index in [1.54, 1.807) is 12.1 Å². The Bertz CT molecular complexity index is 690. The molecule has 5 heteroatoms. The Morgan fingerprint density at radius 2 is 1.88 bits per heavy atom. The molecule has 1 fully saturated rings. The van der Waals surface area contributed by atoms with Gasteiger partial charge in [0.1, 0.15) is 5.82 Å². The van der Waals surface area contributed by atoms with Gasteiger partial charge in [0.25, 0.3) is 0 Å². The van der Waals surface area contributed by atoms with Crippen molar-refractivity contribution in [2.24, 2.45) is 0 Å². The maximum absolute atomic E-state index is 12.9. The van der Waals surface area contributed by atoms with E-state index in [0.29, 0.717) is 12.5 Å². The summed E-state index contributed by atoms with van der Waals surface area (Å²) in [7, 11) is 0. The fourth-order valence-corrected chi connectivity index (χ4v) is 3.42. The highest BCUT2D eigenvalue weighted by atomic mass is 19.1. The van der Waals surface area contributed by atoms with Gasteiger partial charge in [-0.05, 0) is 55.1 Å². The lowest BCUT2D eigenvalue weighted by molar-refractivity contribution is -0.119. The van der Waals surface area contributed by atoms with Crippen molar-refractivity contribution in [3.8, 4) is 0 Å². The summed E-state index contributed by atoms with van der Waals surface area (Å²) in [4.78, 5) is 14.4. The van der Waals surface area contributed by atoms with Crippen LogP contribution in [0.15, 0.2) is 54.6 Å². The van der Waals surface area contributed by atoms with Crippen LogP contribution in [0.4, 0.5) is 10.1 Å². The van der Waals surface area contributed by atoms with E-state index >= 15 is 0 Å². The summed E-state index contributed by atoms with van der Waals surface area (Å²) in [6.07, 6.45) is 2.42. The van der Waals surface area contributed by atoms with Crippen molar-refractivity contribution < 1.29 is 9.18 Å². The molecule has 0 aromatic heterocycles. The van der Waals surface area contributed by atoms with Gasteiger partial charge in [-0.15, -0.1) is 0 Å². The first kappa shape index (κ1) is 18.4. The Labute approximate surface area is 154 Å². The van der Waals surface area contributed by atoms with Crippen LogP contribution in [0, 0.1) is 5.82 Å². The van der Waals surface area contributed by atoms with E-state index in [2.05, 4.69) is 45.9 Å². The molecule has 1 heterocycles. The third kappa shape index (κ3) is 5.56. The van der Waals surface area contributed by atoms with Crippen LogP contribution in [0.25, 0.3) is 0 Å². The Hall–Kier alpha value is -2.40. The van der Waals surface area contributed by atoms with Crippen LogP contribution >= 0.6 is 0 Å². The van der Waals surface area contributed by atoms with Crippen LogP contribution in [0.2, 0.25) is 0 Å². The SMILES string of the molecule is O=C(CNc1ccc(F)cc1)NCCN1CCCC(c2ccccc2)C1. The first-order valence-electron chi connectivity index (χ1n) is 9.24. The zero-order valence-electron chi connectivity index (χ0n) is 15.0. The van der Waals surface area contributed by atoms with Gasteiger partial charge in [-0.3, -0.25) is 4.79 Å². The fraction of sp³-hybridized carbons (Fsp3) is 0.381. The highest BCUT2D eigenvalue weighted by Crippen LogP contribution is 2.26. The van der Waals surface area contributed by atoms with Gasteiger partial charge >= 0.3 is 0 Å². The first-order chi connectivity index (χ1) is 12.7. The second-order valence-corrected chi connectivity index (χ2v) is 6.76. The average Bonchev–Trinajstić information content (AvgIpc) is 2.68. The van der Waals surface area contributed by atoms with Gasteiger partial charge in [-0.2, -0.15) is 0 Å². The number of carbonyl (C=O) groups excluding carboxylic acids is 1. The van der Waals surface area contributed by atoms with Crippen LogP contribution < -0.4 is 10.6 Å². The van der Waals surface area contributed by atoms with E-state index in [9.17, 15) is 9.18 Å². The van der Waals surface area contributed by atoms with E-state index in [1.165, 1.54) is 30.5 Å². The normalized spacial score (nSPS) is 17.7. The van der Waals surface area contributed by atoms with Gasteiger partial charge in [0.2, 0.25) is 5.91 Å². The number of benzene rings is 2. The molecule has 1 saturated heterocycles. The van der Waals surface area contributed by atoms with Crippen LogP contribution in [-0.2, 0) is 4.79 Å².